The summed E-state index contributed by atoms with van der Waals surface area (Å²) in [6.45, 7) is 0.443. The van der Waals surface area contributed by atoms with Crippen molar-refractivity contribution >= 4 is 22.9 Å². The fraction of sp³-hybridized carbons (Fsp3) is 0.263. The number of aliphatic hydroxyl groups excluding tert-OH is 1. The maximum absolute atomic E-state index is 12.2. The van der Waals surface area contributed by atoms with Gasteiger partial charge in [0.2, 0.25) is 0 Å². The summed E-state index contributed by atoms with van der Waals surface area (Å²) in [7, 11) is -3.20. The van der Waals surface area contributed by atoms with Gasteiger partial charge >= 0.3 is 11.9 Å². The average molecular weight is 422 g/mol. The van der Waals surface area contributed by atoms with Crippen LogP contribution in [0, 0.1) is 0 Å². The van der Waals surface area contributed by atoms with Gasteiger partial charge in [-0.1, -0.05) is 35.2 Å². The van der Waals surface area contributed by atoms with Crippen LogP contribution >= 0.6 is 11.0 Å². The van der Waals surface area contributed by atoms with Crippen molar-refractivity contribution in [3.63, 3.8) is 0 Å². The highest BCUT2D eigenvalue weighted by atomic mass is 32.3. The zero-order valence-corrected chi connectivity index (χ0v) is 16.2. The lowest BCUT2D eigenvalue weighted by Crippen LogP contribution is -2.25. The SMILES string of the molecule is O=C(O)c1ccc(CCOC(=O)c2ccc(CN3CC(O)NS3(O)O)cc2)cc1. The number of hydrogen-bond donors (Lipinski definition) is 5. The first-order chi connectivity index (χ1) is 13.7. The number of benzene rings is 2. The maximum Gasteiger partial charge on any atom is 0.338 e. The predicted molar refractivity (Wildman–Crippen MR) is 106 cm³/mol. The van der Waals surface area contributed by atoms with Gasteiger partial charge in [-0.05, 0) is 35.4 Å². The van der Waals surface area contributed by atoms with E-state index in [2.05, 4.69) is 4.72 Å². The van der Waals surface area contributed by atoms with Crippen molar-refractivity contribution in [3.05, 3.63) is 70.8 Å². The maximum atomic E-state index is 12.2. The normalized spacial score (nSPS) is 19.6. The highest BCUT2D eigenvalue weighted by Crippen LogP contribution is 2.44. The topological polar surface area (TPSA) is 140 Å². The Kier molecular flexibility index (Phi) is 6.52. The zero-order valence-electron chi connectivity index (χ0n) is 15.4. The van der Waals surface area contributed by atoms with Crippen molar-refractivity contribution in [2.45, 2.75) is 19.2 Å². The highest BCUT2D eigenvalue weighted by Gasteiger charge is 2.34. The summed E-state index contributed by atoms with van der Waals surface area (Å²) < 4.78 is 28.6. The molecule has 1 unspecified atom stereocenters. The number of carboxylic acid groups (broad SMARTS) is 1. The van der Waals surface area contributed by atoms with Gasteiger partial charge in [-0.3, -0.25) is 9.11 Å². The molecule has 9 nitrogen and oxygen atoms in total. The second-order valence-corrected chi connectivity index (χ2v) is 8.35. The van der Waals surface area contributed by atoms with Gasteiger partial charge in [0.25, 0.3) is 0 Å². The molecule has 1 atom stereocenters. The van der Waals surface area contributed by atoms with Gasteiger partial charge in [-0.25, -0.2) is 9.59 Å². The first kappa shape index (κ1) is 21.2. The number of carbonyl (C=O) groups excluding carboxylic acids is 1. The third kappa shape index (κ3) is 5.54. The molecule has 1 aliphatic heterocycles. The van der Waals surface area contributed by atoms with E-state index in [0.717, 1.165) is 11.1 Å². The van der Waals surface area contributed by atoms with Crippen LogP contribution in [-0.2, 0) is 17.7 Å². The molecule has 1 heterocycles. The lowest BCUT2D eigenvalue weighted by Gasteiger charge is -2.35. The minimum Gasteiger partial charge on any atom is -0.478 e. The van der Waals surface area contributed by atoms with Crippen molar-refractivity contribution < 1.29 is 33.6 Å². The quantitative estimate of drug-likeness (QED) is 0.424. The van der Waals surface area contributed by atoms with Crippen LogP contribution in [0.1, 0.15) is 31.8 Å². The predicted octanol–water partition coefficient (Wildman–Crippen LogP) is 2.09. The molecule has 0 spiro atoms. The Hall–Kier alpha value is -2.47. The molecule has 156 valence electrons. The van der Waals surface area contributed by atoms with E-state index in [-0.39, 0.29) is 25.3 Å². The second-order valence-electron chi connectivity index (χ2n) is 6.56. The molecule has 1 aliphatic rings. The van der Waals surface area contributed by atoms with Gasteiger partial charge in [0, 0.05) is 13.0 Å². The molecule has 1 fully saturated rings. The number of rotatable bonds is 7. The van der Waals surface area contributed by atoms with Crippen LogP contribution in [0.25, 0.3) is 0 Å². The molecule has 2 aromatic carbocycles. The van der Waals surface area contributed by atoms with Gasteiger partial charge in [0.1, 0.15) is 6.23 Å². The first-order valence-corrected chi connectivity index (χ1v) is 10.3. The molecule has 0 saturated carbocycles. The van der Waals surface area contributed by atoms with E-state index in [1.165, 1.54) is 16.4 Å². The summed E-state index contributed by atoms with van der Waals surface area (Å²) in [5, 5.41) is 18.4. The smallest absolute Gasteiger partial charge is 0.338 e. The molecule has 3 rings (SSSR count). The molecule has 1 saturated heterocycles. The minimum absolute atomic E-state index is 0.0829. The molecule has 2 aromatic rings. The van der Waals surface area contributed by atoms with Crippen LogP contribution in [-0.4, -0.2) is 54.9 Å². The van der Waals surface area contributed by atoms with Crippen molar-refractivity contribution in [3.8, 4) is 0 Å². The Labute approximate surface area is 169 Å². The number of nitrogens with one attached hydrogen (secondary N) is 1. The van der Waals surface area contributed by atoms with Crippen molar-refractivity contribution in [1.82, 2.24) is 9.03 Å². The molecule has 29 heavy (non-hydrogen) atoms. The third-order valence-electron chi connectivity index (χ3n) is 4.40. The largest absolute Gasteiger partial charge is 0.478 e. The number of carboxylic acids is 1. The standard InChI is InChI=1S/C19H22N2O7S/c22-17-12-21(29(26,27)20-17)11-14-3-7-16(8-4-14)19(25)28-10-9-13-1-5-15(6-2-13)18(23)24/h1-8,17,20,22,26-27H,9-12H2,(H,23,24). The minimum atomic E-state index is -3.20. The summed E-state index contributed by atoms with van der Waals surface area (Å²) in [5.74, 6) is -1.48. The van der Waals surface area contributed by atoms with E-state index in [1.807, 2.05) is 0 Å². The number of ether oxygens (including phenoxy) is 1. The van der Waals surface area contributed by atoms with E-state index in [0.29, 0.717) is 12.0 Å². The molecular weight excluding hydrogens is 400 g/mol. The summed E-state index contributed by atoms with van der Waals surface area (Å²) >= 11 is 0. The molecular formula is C19H22N2O7S. The molecule has 0 aliphatic carbocycles. The van der Waals surface area contributed by atoms with Gasteiger partial charge in [-0.2, -0.15) is 9.03 Å². The van der Waals surface area contributed by atoms with E-state index >= 15 is 0 Å². The lowest BCUT2D eigenvalue weighted by atomic mass is 10.1. The molecule has 5 N–H and O–H groups in total. The van der Waals surface area contributed by atoms with Gasteiger partial charge in [0.15, 0.2) is 0 Å². The highest BCUT2D eigenvalue weighted by molar-refractivity contribution is 8.20. The van der Waals surface area contributed by atoms with Gasteiger partial charge in [-0.15, -0.1) is 0 Å². The summed E-state index contributed by atoms with van der Waals surface area (Å²) in [6, 6.07) is 12.9. The van der Waals surface area contributed by atoms with Crippen LogP contribution in [0.5, 0.6) is 0 Å². The first-order valence-electron chi connectivity index (χ1n) is 8.81. The Morgan fingerprint density at radius 2 is 1.62 bits per heavy atom. The molecule has 0 aromatic heterocycles. The number of aliphatic hydroxyl groups is 1. The van der Waals surface area contributed by atoms with Crippen LogP contribution < -0.4 is 4.72 Å². The fourth-order valence-electron chi connectivity index (χ4n) is 2.85. The van der Waals surface area contributed by atoms with Crippen molar-refractivity contribution in [1.29, 1.82) is 0 Å². The number of aromatic carboxylic acids is 1. The van der Waals surface area contributed by atoms with Crippen LogP contribution in [0.2, 0.25) is 0 Å². The van der Waals surface area contributed by atoms with Crippen LogP contribution in [0.3, 0.4) is 0 Å². The number of nitrogens with zero attached hydrogens (tertiary/aromatic N) is 1. The fourth-order valence-corrected chi connectivity index (χ4v) is 4.12. The zero-order chi connectivity index (χ0) is 21.0. The molecule has 0 bridgehead atoms. The Morgan fingerprint density at radius 3 is 2.17 bits per heavy atom. The summed E-state index contributed by atoms with van der Waals surface area (Å²) in [6.07, 6.45) is -0.541. The number of β-amino-alcohol motifs (C(OH)–C–C–N with tert-alkyl or cyclic N) is 1. The molecule has 10 heteroatoms. The Balaban J connectivity index is 1.49. The van der Waals surface area contributed by atoms with E-state index < -0.39 is 29.1 Å². The number of esters is 1. The van der Waals surface area contributed by atoms with E-state index in [9.17, 15) is 23.8 Å². The number of carbonyl (C=O) groups is 2. The summed E-state index contributed by atoms with van der Waals surface area (Å²) in [5.41, 5.74) is 2.17. The Morgan fingerprint density at radius 1 is 1.03 bits per heavy atom. The molecule has 0 radical (unpaired) electrons. The third-order valence-corrected chi connectivity index (χ3v) is 5.99. The summed E-state index contributed by atoms with van der Waals surface area (Å²) in [4.78, 5) is 23.0. The van der Waals surface area contributed by atoms with Crippen LogP contribution in [0.4, 0.5) is 0 Å². The van der Waals surface area contributed by atoms with Crippen molar-refractivity contribution in [2.24, 2.45) is 0 Å². The lowest BCUT2D eigenvalue weighted by molar-refractivity contribution is 0.0509. The second kappa shape index (κ2) is 8.91. The van der Waals surface area contributed by atoms with Gasteiger partial charge < -0.3 is 14.9 Å². The number of hydrogen-bond acceptors (Lipinski definition) is 8. The average Bonchev–Trinajstić information content (AvgIpc) is 2.93. The van der Waals surface area contributed by atoms with Crippen molar-refractivity contribution in [2.75, 3.05) is 13.2 Å². The van der Waals surface area contributed by atoms with E-state index in [4.69, 9.17) is 9.84 Å². The van der Waals surface area contributed by atoms with Gasteiger partial charge in [0.05, 0.1) is 24.3 Å². The van der Waals surface area contributed by atoms with Crippen LogP contribution in [0.15, 0.2) is 48.5 Å². The molecule has 0 amide bonds. The van der Waals surface area contributed by atoms with E-state index in [1.54, 1.807) is 36.4 Å². The monoisotopic (exact) mass is 422 g/mol. The Bertz CT molecular complexity index is 871.